The molecule has 0 atom stereocenters. The second kappa shape index (κ2) is 40.3. The molecule has 482 valence electrons. The molecule has 0 heterocycles. The van der Waals surface area contributed by atoms with Crippen LogP contribution >= 0.6 is 0 Å². The Morgan fingerprint density at radius 1 is 0.302 bits per heavy atom. The van der Waals surface area contributed by atoms with Gasteiger partial charge in [0.25, 0.3) is 0 Å². The van der Waals surface area contributed by atoms with E-state index in [9.17, 15) is 86.3 Å². The molecule has 0 spiro atoms. The van der Waals surface area contributed by atoms with Gasteiger partial charge in [-0.1, -0.05) is 0 Å². The molecule has 33 nitrogen and oxygen atoms in total. The summed E-state index contributed by atoms with van der Waals surface area (Å²) < 4.78 is 28.6. The van der Waals surface area contributed by atoms with Crippen LogP contribution in [0.1, 0.15) is 106 Å². The van der Waals surface area contributed by atoms with Gasteiger partial charge in [0.05, 0.1) is 74.1 Å². The molecule has 0 aliphatic rings. The van der Waals surface area contributed by atoms with E-state index in [1.54, 1.807) is 41.5 Å². The summed E-state index contributed by atoms with van der Waals surface area (Å²) in [5.74, 6) is -13.5. The molecule has 5 N–H and O–H groups in total. The van der Waals surface area contributed by atoms with Gasteiger partial charge in [-0.05, 0) is 48.0 Å². The Morgan fingerprint density at radius 2 is 0.640 bits per heavy atom. The topological polar surface area (TPSA) is 436 Å². The number of amides is 9. The fourth-order valence-electron chi connectivity index (χ4n) is 6.64. The minimum atomic E-state index is -0.938. The largest absolute Gasteiger partial charge is 0.468 e. The van der Waals surface area contributed by atoms with Crippen molar-refractivity contribution in [2.75, 3.05) is 114 Å². The first-order chi connectivity index (χ1) is 40.1. The molecule has 0 fully saturated rings. The van der Waals surface area contributed by atoms with E-state index in [4.69, 9.17) is 9.47 Å². The van der Waals surface area contributed by atoms with Gasteiger partial charge in [0.15, 0.2) is 23.1 Å². The number of rotatable bonds is 40. The first-order valence-electron chi connectivity index (χ1n) is 26.8. The highest BCUT2D eigenvalue weighted by molar-refractivity contribution is 5.96. The van der Waals surface area contributed by atoms with Gasteiger partial charge in [0, 0.05) is 57.9 Å². The standard InChI is InChI=1S/C53H81N9O24/c1-52(2,3)85-46(75)20-17-39(68)57-25-45(74)62(33-50(79)84-10)29-41(70)55-22-34(63)14-18-42(71)59(30-47(76)81-7)26-36(65)12-11-21-54-40(69)28-61(32-49(78)83-9)44(73)24-56-38(67)16-13-37(66)27-60(31-48(77)82-8)43(72)19-15-35(64)23-58-51(80)86-53(4,5)6/h11-33H2,1-10H3,(H,54,69)(H,55,70)(H,56,67)(H,57,68)(H,58,80). The average molecular weight is 1230 g/mol. The zero-order valence-electron chi connectivity index (χ0n) is 50.4. The van der Waals surface area contributed by atoms with E-state index in [0.717, 1.165) is 48.0 Å². The molecule has 33 heteroatoms. The smallest absolute Gasteiger partial charge is 0.408 e. The summed E-state index contributed by atoms with van der Waals surface area (Å²) >= 11 is 0. The van der Waals surface area contributed by atoms with Crippen molar-refractivity contribution in [2.24, 2.45) is 0 Å². The molecule has 0 aromatic rings. The number of alkyl carbamates (subject to hydrolysis) is 1. The fourth-order valence-corrected chi connectivity index (χ4v) is 6.64. The van der Waals surface area contributed by atoms with Crippen LogP contribution in [-0.4, -0.2) is 251 Å². The summed E-state index contributed by atoms with van der Waals surface area (Å²) in [4.78, 5) is 228. The van der Waals surface area contributed by atoms with Gasteiger partial charge in [-0.3, -0.25) is 81.5 Å². The monoisotopic (exact) mass is 1230 g/mol. The summed E-state index contributed by atoms with van der Waals surface area (Å²) in [6, 6.07) is 0. The van der Waals surface area contributed by atoms with E-state index in [1.165, 1.54) is 0 Å². The first kappa shape index (κ1) is 77.1. The fraction of sp³-hybridized carbons (Fsp3) is 0.660. The molecular formula is C53H81N9O24. The highest BCUT2D eigenvalue weighted by atomic mass is 16.6. The summed E-state index contributed by atoms with van der Waals surface area (Å²) in [6.07, 6.45) is -4.54. The number of ketones is 4. The van der Waals surface area contributed by atoms with Gasteiger partial charge in [0.1, 0.15) is 50.5 Å². The Morgan fingerprint density at radius 3 is 1.03 bits per heavy atom. The third-order valence-electron chi connectivity index (χ3n) is 11.0. The van der Waals surface area contributed by atoms with E-state index >= 15 is 0 Å². The number of Topliss-reactive ketones (excluding diaryl/α,β-unsaturated/α-hetero) is 4. The van der Waals surface area contributed by atoms with Crippen LogP contribution in [0, 0.1) is 0 Å². The lowest BCUT2D eigenvalue weighted by atomic mass is 10.1. The van der Waals surface area contributed by atoms with Crippen LogP contribution in [-0.2, 0) is 110 Å². The maximum atomic E-state index is 13.1. The molecule has 0 radical (unpaired) electrons. The Bertz CT molecular complexity index is 2300. The number of carbonyl (C=O) groups is 18. The molecule has 0 aromatic heterocycles. The Labute approximate surface area is 496 Å². The number of ether oxygens (including phenoxy) is 6. The highest BCUT2D eigenvalue weighted by Gasteiger charge is 2.27. The van der Waals surface area contributed by atoms with E-state index in [2.05, 4.69) is 45.5 Å². The van der Waals surface area contributed by atoms with Gasteiger partial charge in [-0.25, -0.2) is 4.79 Å². The second-order valence-electron chi connectivity index (χ2n) is 20.7. The molecule has 0 rings (SSSR count). The number of carbonyl (C=O) groups excluding carboxylic acids is 18. The number of nitrogens with one attached hydrogen (secondary N) is 5. The molecule has 0 bridgehead atoms. The van der Waals surface area contributed by atoms with Crippen molar-refractivity contribution in [3.05, 3.63) is 0 Å². The third-order valence-corrected chi connectivity index (χ3v) is 11.0. The summed E-state index contributed by atoms with van der Waals surface area (Å²) in [6.45, 7) is 1.54. The molecule has 0 aromatic carbocycles. The van der Waals surface area contributed by atoms with Gasteiger partial charge in [0.2, 0.25) is 47.3 Å². The SMILES string of the molecule is COC(=O)CN(CC(=O)CCCNC(=O)CN(CC(=O)OC)C(=O)CNC(=O)CCC(=O)CN(CC(=O)OC)C(=O)CCC(=O)CNC(=O)OC(C)(C)C)C(=O)CCC(=O)CNC(=O)CN(CC(=O)OC)C(=O)CNC(=O)CCC(=O)OC(C)(C)C. The Balaban J connectivity index is 5.25. The van der Waals surface area contributed by atoms with Crippen LogP contribution in [0.3, 0.4) is 0 Å². The van der Waals surface area contributed by atoms with Gasteiger partial charge in [-0.2, -0.15) is 0 Å². The summed E-state index contributed by atoms with van der Waals surface area (Å²) in [5.41, 5.74) is -1.60. The van der Waals surface area contributed by atoms with E-state index in [0.29, 0.717) is 0 Å². The van der Waals surface area contributed by atoms with Gasteiger partial charge >= 0.3 is 35.9 Å². The van der Waals surface area contributed by atoms with Crippen LogP contribution in [0.25, 0.3) is 0 Å². The molecule has 0 unspecified atom stereocenters. The van der Waals surface area contributed by atoms with E-state index in [1.807, 2.05) is 0 Å². The maximum Gasteiger partial charge on any atom is 0.408 e. The predicted octanol–water partition coefficient (Wildman–Crippen LogP) is -3.50. The Hall–Kier alpha value is -8.94. The number of nitrogens with zero attached hydrogens (tertiary/aromatic N) is 4. The minimum absolute atomic E-state index is 0.0285. The second-order valence-corrected chi connectivity index (χ2v) is 20.7. The van der Waals surface area contributed by atoms with Crippen molar-refractivity contribution in [2.45, 2.75) is 117 Å². The normalized spacial score (nSPS) is 10.7. The van der Waals surface area contributed by atoms with Crippen LogP contribution < -0.4 is 26.6 Å². The number of esters is 5. The molecule has 9 amide bonds. The van der Waals surface area contributed by atoms with Crippen molar-refractivity contribution in [1.82, 2.24) is 46.2 Å². The molecule has 0 aliphatic heterocycles. The molecule has 0 saturated heterocycles. The maximum absolute atomic E-state index is 13.1. The average Bonchev–Trinajstić information content (AvgIpc) is 3.58. The highest BCUT2D eigenvalue weighted by Crippen LogP contribution is 2.10. The van der Waals surface area contributed by atoms with Crippen LogP contribution in [0.15, 0.2) is 0 Å². The van der Waals surface area contributed by atoms with E-state index in [-0.39, 0.29) is 38.6 Å². The lowest BCUT2D eigenvalue weighted by Gasteiger charge is -2.22. The van der Waals surface area contributed by atoms with Crippen molar-refractivity contribution in [3.8, 4) is 0 Å². The van der Waals surface area contributed by atoms with Crippen molar-refractivity contribution in [3.63, 3.8) is 0 Å². The van der Waals surface area contributed by atoms with Crippen LogP contribution in [0.4, 0.5) is 4.79 Å². The molecule has 0 saturated carbocycles. The lowest BCUT2D eigenvalue weighted by Crippen LogP contribution is -2.48. The van der Waals surface area contributed by atoms with Gasteiger partial charge < -0.3 is 74.6 Å². The molecule has 86 heavy (non-hydrogen) atoms. The number of hydrogen-bond acceptors (Lipinski definition) is 24. The number of methoxy groups -OCH3 is 4. The minimum Gasteiger partial charge on any atom is -0.468 e. The van der Waals surface area contributed by atoms with Crippen LogP contribution in [0.5, 0.6) is 0 Å². The first-order valence-corrected chi connectivity index (χ1v) is 26.8. The van der Waals surface area contributed by atoms with Crippen molar-refractivity contribution < 1.29 is 115 Å². The Kier molecular flexibility index (Phi) is 36.2. The van der Waals surface area contributed by atoms with E-state index < -0.39 is 228 Å². The number of hydrogen-bond donors (Lipinski definition) is 5. The van der Waals surface area contributed by atoms with Crippen molar-refractivity contribution >= 4 is 106 Å². The van der Waals surface area contributed by atoms with Crippen molar-refractivity contribution in [1.29, 1.82) is 0 Å². The zero-order chi connectivity index (χ0) is 65.7. The quantitative estimate of drug-likeness (QED) is 0.0226. The van der Waals surface area contributed by atoms with Gasteiger partial charge in [-0.15, -0.1) is 0 Å². The zero-order valence-corrected chi connectivity index (χ0v) is 50.4. The third kappa shape index (κ3) is 38.0. The molecular weight excluding hydrogens is 1150 g/mol. The summed E-state index contributed by atoms with van der Waals surface area (Å²) in [5, 5.41) is 11.5. The summed E-state index contributed by atoms with van der Waals surface area (Å²) in [7, 11) is 4.12. The predicted molar refractivity (Wildman–Crippen MR) is 293 cm³/mol. The van der Waals surface area contributed by atoms with Crippen LogP contribution in [0.2, 0.25) is 0 Å². The lowest BCUT2D eigenvalue weighted by molar-refractivity contribution is -0.156. The molecule has 0 aliphatic carbocycles.